The standard InChI is InChI=1S/C23H27N3O4/c1-23-10-11-25(2)19(12-15-6-9-17(27)13-18(15)23)20(23)26(3)22(30)24-16-7-4-14(5-8-16)21(28)29/h4-9,13,19-20,27H,10-12H2,1-3H3,(H,24,30)(H,28,29). The number of aromatic carboxylic acids is 1. The van der Waals surface area contributed by atoms with Crippen molar-refractivity contribution in [1.29, 1.82) is 0 Å². The van der Waals surface area contributed by atoms with Gasteiger partial charge in [-0.3, -0.25) is 0 Å². The van der Waals surface area contributed by atoms with Gasteiger partial charge in [-0.15, -0.1) is 0 Å². The maximum atomic E-state index is 13.1. The summed E-state index contributed by atoms with van der Waals surface area (Å²) in [6.45, 7) is 3.11. The van der Waals surface area contributed by atoms with Crippen molar-refractivity contribution in [2.45, 2.75) is 37.3 Å². The Morgan fingerprint density at radius 1 is 1.20 bits per heavy atom. The van der Waals surface area contributed by atoms with Crippen LogP contribution in [0.5, 0.6) is 5.75 Å². The molecule has 7 nitrogen and oxygen atoms in total. The summed E-state index contributed by atoms with van der Waals surface area (Å²) in [6, 6.07) is 11.6. The number of phenols is 1. The van der Waals surface area contributed by atoms with Gasteiger partial charge >= 0.3 is 12.0 Å². The van der Waals surface area contributed by atoms with Gasteiger partial charge in [0.05, 0.1) is 11.6 Å². The lowest BCUT2D eigenvalue weighted by Crippen LogP contribution is -2.67. The van der Waals surface area contributed by atoms with Gasteiger partial charge in [0.1, 0.15) is 5.75 Å². The Labute approximate surface area is 175 Å². The van der Waals surface area contributed by atoms with Gasteiger partial charge in [-0.25, -0.2) is 9.59 Å². The highest BCUT2D eigenvalue weighted by Crippen LogP contribution is 2.47. The van der Waals surface area contributed by atoms with Crippen molar-refractivity contribution >= 4 is 17.7 Å². The number of hydrogen-bond donors (Lipinski definition) is 3. The first-order chi connectivity index (χ1) is 14.2. The number of hydrogen-bond acceptors (Lipinski definition) is 4. The van der Waals surface area contributed by atoms with E-state index in [4.69, 9.17) is 5.11 Å². The van der Waals surface area contributed by atoms with E-state index < -0.39 is 5.97 Å². The van der Waals surface area contributed by atoms with E-state index in [1.54, 1.807) is 23.1 Å². The van der Waals surface area contributed by atoms with Crippen LogP contribution in [-0.2, 0) is 11.8 Å². The highest BCUT2D eigenvalue weighted by Gasteiger charge is 2.52. The molecular formula is C23H27N3O4. The third-order valence-electron chi connectivity index (χ3n) is 6.83. The molecule has 30 heavy (non-hydrogen) atoms. The van der Waals surface area contributed by atoms with Crippen LogP contribution in [0.3, 0.4) is 0 Å². The Kier molecular flexibility index (Phi) is 4.94. The zero-order chi connectivity index (χ0) is 21.6. The second kappa shape index (κ2) is 7.32. The van der Waals surface area contributed by atoms with Gasteiger partial charge in [-0.2, -0.15) is 0 Å². The first kappa shape index (κ1) is 20.2. The monoisotopic (exact) mass is 409 g/mol. The van der Waals surface area contributed by atoms with Crippen LogP contribution < -0.4 is 5.32 Å². The summed E-state index contributed by atoms with van der Waals surface area (Å²) in [6.07, 6.45) is 1.70. The van der Waals surface area contributed by atoms with Crippen LogP contribution in [0.4, 0.5) is 10.5 Å². The van der Waals surface area contributed by atoms with Gasteiger partial charge in [0.15, 0.2) is 0 Å². The molecule has 2 bridgehead atoms. The Hall–Kier alpha value is -3.06. The van der Waals surface area contributed by atoms with Gasteiger partial charge in [-0.1, -0.05) is 13.0 Å². The second-order valence-corrected chi connectivity index (χ2v) is 8.63. The predicted molar refractivity (Wildman–Crippen MR) is 114 cm³/mol. The topological polar surface area (TPSA) is 93.1 Å². The molecule has 0 spiro atoms. The van der Waals surface area contributed by atoms with Gasteiger partial charge in [-0.05, 0) is 74.0 Å². The quantitative estimate of drug-likeness (QED) is 0.724. The van der Waals surface area contributed by atoms with E-state index in [-0.39, 0.29) is 34.8 Å². The number of nitrogens with one attached hydrogen (secondary N) is 1. The number of nitrogens with zero attached hydrogens (tertiary/aromatic N) is 2. The van der Waals surface area contributed by atoms with E-state index in [1.807, 2.05) is 19.2 Å². The van der Waals surface area contributed by atoms with E-state index in [0.29, 0.717) is 5.69 Å². The average Bonchev–Trinajstić information content (AvgIpc) is 2.71. The van der Waals surface area contributed by atoms with E-state index in [0.717, 1.165) is 24.9 Å². The Morgan fingerprint density at radius 2 is 1.90 bits per heavy atom. The summed E-state index contributed by atoms with van der Waals surface area (Å²) < 4.78 is 0. The molecule has 1 saturated heterocycles. The molecular weight excluding hydrogens is 382 g/mol. The fraction of sp³-hybridized carbons (Fsp3) is 0.391. The molecule has 1 aliphatic heterocycles. The van der Waals surface area contributed by atoms with E-state index >= 15 is 0 Å². The molecule has 2 aliphatic rings. The van der Waals surface area contributed by atoms with E-state index in [1.165, 1.54) is 17.7 Å². The highest BCUT2D eigenvalue weighted by molar-refractivity contribution is 5.91. The molecule has 7 heteroatoms. The van der Waals surface area contributed by atoms with Crippen molar-refractivity contribution in [3.8, 4) is 5.75 Å². The van der Waals surface area contributed by atoms with Crippen molar-refractivity contribution in [3.63, 3.8) is 0 Å². The van der Waals surface area contributed by atoms with Crippen molar-refractivity contribution in [2.75, 3.05) is 26.0 Å². The minimum absolute atomic E-state index is 0.0659. The number of anilines is 1. The van der Waals surface area contributed by atoms with Gasteiger partial charge in [0, 0.05) is 24.2 Å². The second-order valence-electron chi connectivity index (χ2n) is 8.63. The van der Waals surface area contributed by atoms with Crippen LogP contribution in [-0.4, -0.2) is 64.7 Å². The molecule has 0 saturated carbocycles. The summed E-state index contributed by atoms with van der Waals surface area (Å²) >= 11 is 0. The number of fused-ring (bicyclic) bond motifs is 4. The summed E-state index contributed by atoms with van der Waals surface area (Å²) in [7, 11) is 3.91. The SMILES string of the molecule is CN1CCC2(C)c3cc(O)ccc3CC1C2N(C)C(=O)Nc1ccc(C(=O)O)cc1. The number of piperidine rings is 1. The van der Waals surface area contributed by atoms with Gasteiger partial charge in [0.25, 0.3) is 0 Å². The molecule has 0 radical (unpaired) electrons. The maximum absolute atomic E-state index is 13.1. The number of rotatable bonds is 3. The largest absolute Gasteiger partial charge is 0.508 e. The first-order valence-electron chi connectivity index (χ1n) is 10.1. The van der Waals surface area contributed by atoms with Crippen molar-refractivity contribution in [3.05, 3.63) is 59.2 Å². The molecule has 2 amide bonds. The van der Waals surface area contributed by atoms with Crippen LogP contribution in [0.15, 0.2) is 42.5 Å². The van der Waals surface area contributed by atoms with Gasteiger partial charge in [0.2, 0.25) is 0 Å². The lowest BCUT2D eigenvalue weighted by atomic mass is 9.61. The van der Waals surface area contributed by atoms with Crippen molar-refractivity contribution < 1.29 is 19.8 Å². The number of carboxylic acid groups (broad SMARTS) is 1. The Bertz CT molecular complexity index is 990. The maximum Gasteiger partial charge on any atom is 0.335 e. The normalized spacial score (nSPS) is 25.3. The minimum atomic E-state index is -1.00. The smallest absolute Gasteiger partial charge is 0.335 e. The summed E-state index contributed by atoms with van der Waals surface area (Å²) in [5.74, 6) is -0.755. The molecule has 158 valence electrons. The van der Waals surface area contributed by atoms with Crippen LogP contribution in [0.25, 0.3) is 0 Å². The molecule has 3 N–H and O–H groups in total. The predicted octanol–water partition coefficient (Wildman–Crippen LogP) is 3.14. The molecule has 1 aliphatic carbocycles. The number of urea groups is 1. The fourth-order valence-electron chi connectivity index (χ4n) is 5.17. The first-order valence-corrected chi connectivity index (χ1v) is 10.1. The number of carboxylic acids is 1. The van der Waals surface area contributed by atoms with Crippen LogP contribution in [0.2, 0.25) is 0 Å². The number of aromatic hydroxyl groups is 1. The van der Waals surface area contributed by atoms with E-state index in [2.05, 4.69) is 24.2 Å². The van der Waals surface area contributed by atoms with Crippen LogP contribution >= 0.6 is 0 Å². The molecule has 1 heterocycles. The Balaban J connectivity index is 1.63. The number of benzene rings is 2. The third-order valence-corrected chi connectivity index (χ3v) is 6.83. The van der Waals surface area contributed by atoms with E-state index in [9.17, 15) is 14.7 Å². The number of likely N-dealkylation sites (N-methyl/N-ethyl adjacent to an activating group) is 2. The summed E-state index contributed by atoms with van der Waals surface area (Å²) in [5, 5.41) is 22.0. The Morgan fingerprint density at radius 3 is 2.57 bits per heavy atom. The number of carbonyl (C=O) groups is 2. The fourth-order valence-corrected chi connectivity index (χ4v) is 5.17. The number of likely N-dealkylation sites (tertiary alicyclic amines) is 1. The lowest BCUT2D eigenvalue weighted by Gasteiger charge is -2.57. The number of carbonyl (C=O) groups excluding carboxylic acids is 1. The summed E-state index contributed by atoms with van der Waals surface area (Å²) in [4.78, 5) is 28.2. The van der Waals surface area contributed by atoms with Gasteiger partial charge < -0.3 is 25.3 Å². The molecule has 3 atom stereocenters. The summed E-state index contributed by atoms with van der Waals surface area (Å²) in [5.41, 5.74) is 2.79. The van der Waals surface area contributed by atoms with Crippen molar-refractivity contribution in [2.24, 2.45) is 0 Å². The van der Waals surface area contributed by atoms with Crippen LogP contribution in [0.1, 0.15) is 34.8 Å². The lowest BCUT2D eigenvalue weighted by molar-refractivity contribution is 0.0213. The third kappa shape index (κ3) is 3.29. The number of amides is 2. The van der Waals surface area contributed by atoms with Crippen molar-refractivity contribution in [1.82, 2.24) is 9.80 Å². The molecule has 1 fully saturated rings. The zero-order valence-electron chi connectivity index (χ0n) is 17.4. The molecule has 3 unspecified atom stereocenters. The molecule has 2 aromatic carbocycles. The number of phenolic OH excluding ortho intramolecular Hbond substituents is 1. The van der Waals surface area contributed by atoms with Crippen LogP contribution in [0, 0.1) is 0 Å². The zero-order valence-corrected chi connectivity index (χ0v) is 17.4. The molecule has 0 aromatic heterocycles. The average molecular weight is 409 g/mol. The minimum Gasteiger partial charge on any atom is -0.508 e. The molecule has 2 aromatic rings. The highest BCUT2D eigenvalue weighted by atomic mass is 16.4. The molecule has 4 rings (SSSR count).